The molecule has 0 bridgehead atoms. The molecule has 1 amide bonds. The molecule has 0 aliphatic carbocycles. The number of carbonyl (C=O) groups is 2. The number of aliphatic hydroxyl groups is 5. The van der Waals surface area contributed by atoms with E-state index in [1.54, 1.807) is 6.08 Å². The van der Waals surface area contributed by atoms with Crippen LogP contribution in [0.5, 0.6) is 0 Å². The molecule has 1 rings (SSSR count). The second kappa shape index (κ2) is 49.0. The van der Waals surface area contributed by atoms with Gasteiger partial charge in [0.2, 0.25) is 5.91 Å². The monoisotopic (exact) mass is 1010 g/mol. The van der Waals surface area contributed by atoms with Gasteiger partial charge in [0.1, 0.15) is 24.4 Å². The second-order valence-electron chi connectivity index (χ2n) is 21.1. The van der Waals surface area contributed by atoms with E-state index in [2.05, 4.69) is 38.2 Å². The Hall–Kier alpha value is -1.86. The number of aliphatic hydroxyl groups excluding tert-OH is 5. The first-order valence-corrected chi connectivity index (χ1v) is 30.1. The third-order valence-corrected chi connectivity index (χ3v) is 14.4. The number of hydrogen-bond acceptors (Lipinski definition) is 10. The molecule has 0 spiro atoms. The van der Waals surface area contributed by atoms with Gasteiger partial charge in [-0.1, -0.05) is 251 Å². The molecule has 1 aliphatic rings. The first-order valence-electron chi connectivity index (χ1n) is 30.1. The van der Waals surface area contributed by atoms with Crippen molar-refractivity contribution >= 4 is 11.9 Å². The van der Waals surface area contributed by atoms with E-state index in [4.69, 9.17) is 14.2 Å². The highest BCUT2D eigenvalue weighted by Gasteiger charge is 2.47. The Bertz CT molecular complexity index is 1250. The maximum atomic E-state index is 13.4. The average Bonchev–Trinajstić information content (AvgIpc) is 3.37. The highest BCUT2D eigenvalue weighted by molar-refractivity contribution is 5.80. The number of rotatable bonds is 51. The van der Waals surface area contributed by atoms with Gasteiger partial charge < -0.3 is 45.1 Å². The van der Waals surface area contributed by atoms with E-state index in [1.165, 1.54) is 167 Å². The fourth-order valence-electron chi connectivity index (χ4n) is 9.53. The largest absolute Gasteiger partial charge is 0.454 e. The third-order valence-electron chi connectivity index (χ3n) is 14.4. The molecule has 0 radical (unpaired) electrons. The first-order chi connectivity index (χ1) is 34.7. The fourth-order valence-corrected chi connectivity index (χ4v) is 9.53. The van der Waals surface area contributed by atoms with E-state index in [9.17, 15) is 35.1 Å². The number of hydrogen-bond donors (Lipinski definition) is 6. The topological polar surface area (TPSA) is 175 Å². The van der Waals surface area contributed by atoms with Crippen molar-refractivity contribution in [2.75, 3.05) is 13.2 Å². The van der Waals surface area contributed by atoms with Gasteiger partial charge in [0, 0.05) is 6.42 Å². The SMILES string of the molecule is CCCCCC/C=C\CCCCCCCCC(O)C(=O)NC(COC1OC(CO)C(O)C(O)C1OC(=O)CCCCCCCCCCCCCCCCCCC)C(O)/C=C/CCCCCCCCCCC. The molecule has 0 aromatic carbocycles. The molecule has 11 heteroatoms. The molecule has 1 aliphatic heterocycles. The lowest BCUT2D eigenvalue weighted by Gasteiger charge is -2.41. The zero-order valence-corrected chi connectivity index (χ0v) is 46.1. The van der Waals surface area contributed by atoms with Crippen molar-refractivity contribution in [1.29, 1.82) is 0 Å². The van der Waals surface area contributed by atoms with Crippen LogP contribution in [0.15, 0.2) is 24.3 Å². The van der Waals surface area contributed by atoms with Gasteiger partial charge >= 0.3 is 5.97 Å². The van der Waals surface area contributed by atoms with E-state index in [0.717, 1.165) is 70.6 Å². The smallest absolute Gasteiger partial charge is 0.306 e. The third kappa shape index (κ3) is 37.5. The standard InChI is InChI=1S/C60H113NO10/c1-4-7-10-13-16-19-22-24-26-27-28-30-33-36-39-42-45-48-55(65)71-58-57(67)56(66)54(49-62)70-60(58)69-50-51(52(63)46-43-40-37-34-31-21-18-15-12-9-6-3)61-59(68)53(64)47-44-41-38-35-32-29-25-23-20-17-14-11-8-5-2/h20,23,43,46,51-54,56-58,60,62-64,66-67H,4-19,21-22,24-42,44-45,47-50H2,1-3H3,(H,61,68)/b23-20-,46-43+. The van der Waals surface area contributed by atoms with Crippen molar-refractivity contribution in [3.63, 3.8) is 0 Å². The van der Waals surface area contributed by atoms with Crippen molar-refractivity contribution in [3.8, 4) is 0 Å². The van der Waals surface area contributed by atoms with Gasteiger partial charge in [0.25, 0.3) is 0 Å². The van der Waals surface area contributed by atoms with Gasteiger partial charge in [0.05, 0.1) is 25.4 Å². The molecule has 6 N–H and O–H groups in total. The summed E-state index contributed by atoms with van der Waals surface area (Å²) in [5, 5.41) is 56.8. The molecule has 418 valence electrons. The normalized spacial score (nSPS) is 19.7. The summed E-state index contributed by atoms with van der Waals surface area (Å²) in [7, 11) is 0. The lowest BCUT2D eigenvalue weighted by Crippen LogP contribution is -2.61. The Labute approximate surface area is 435 Å². The molecule has 8 atom stereocenters. The molecule has 1 saturated heterocycles. The fraction of sp³-hybridized carbons (Fsp3) is 0.900. The lowest BCUT2D eigenvalue weighted by atomic mass is 9.99. The summed E-state index contributed by atoms with van der Waals surface area (Å²) in [5.41, 5.74) is 0. The van der Waals surface area contributed by atoms with Gasteiger partial charge in [-0.05, 0) is 51.4 Å². The summed E-state index contributed by atoms with van der Waals surface area (Å²) in [6.07, 6.45) is 45.0. The van der Waals surface area contributed by atoms with Crippen LogP contribution in [0.1, 0.15) is 284 Å². The maximum Gasteiger partial charge on any atom is 0.306 e. The van der Waals surface area contributed by atoms with Crippen molar-refractivity contribution < 1.29 is 49.3 Å². The number of ether oxygens (including phenoxy) is 3. The highest BCUT2D eigenvalue weighted by atomic mass is 16.7. The van der Waals surface area contributed by atoms with Crippen LogP contribution in [0, 0.1) is 0 Å². The van der Waals surface area contributed by atoms with E-state index in [-0.39, 0.29) is 19.4 Å². The van der Waals surface area contributed by atoms with Crippen LogP contribution >= 0.6 is 0 Å². The van der Waals surface area contributed by atoms with Gasteiger partial charge in [-0.25, -0.2) is 0 Å². The number of unbranched alkanes of at least 4 members (excludes halogenated alkanes) is 35. The van der Waals surface area contributed by atoms with Gasteiger partial charge in [-0.2, -0.15) is 0 Å². The Balaban J connectivity index is 2.68. The summed E-state index contributed by atoms with van der Waals surface area (Å²) in [5.74, 6) is -1.19. The Morgan fingerprint density at radius 1 is 0.535 bits per heavy atom. The van der Waals surface area contributed by atoms with Crippen LogP contribution in [-0.2, 0) is 23.8 Å². The summed E-state index contributed by atoms with van der Waals surface area (Å²) >= 11 is 0. The Kier molecular flexibility index (Phi) is 46.4. The van der Waals surface area contributed by atoms with Crippen LogP contribution in [0.2, 0.25) is 0 Å². The van der Waals surface area contributed by atoms with Gasteiger partial charge in [-0.15, -0.1) is 0 Å². The molecular weight excluding hydrogens is 895 g/mol. The van der Waals surface area contributed by atoms with E-state index >= 15 is 0 Å². The molecule has 0 aromatic heterocycles. The minimum Gasteiger partial charge on any atom is -0.454 e. The van der Waals surface area contributed by atoms with Crippen LogP contribution < -0.4 is 5.32 Å². The highest BCUT2D eigenvalue weighted by Crippen LogP contribution is 2.26. The first kappa shape index (κ1) is 67.2. The van der Waals surface area contributed by atoms with Crippen LogP contribution in [0.4, 0.5) is 0 Å². The van der Waals surface area contributed by atoms with Gasteiger partial charge in [-0.3, -0.25) is 9.59 Å². The van der Waals surface area contributed by atoms with Crippen molar-refractivity contribution in [1.82, 2.24) is 5.32 Å². The lowest BCUT2D eigenvalue weighted by molar-refractivity contribution is -0.305. The zero-order valence-electron chi connectivity index (χ0n) is 46.1. The minimum atomic E-state index is -1.61. The number of allylic oxidation sites excluding steroid dienone is 3. The molecule has 0 aromatic rings. The number of nitrogens with one attached hydrogen (secondary N) is 1. The summed E-state index contributed by atoms with van der Waals surface area (Å²) in [6, 6.07) is -1.02. The number of esters is 1. The van der Waals surface area contributed by atoms with Crippen molar-refractivity contribution in [2.45, 2.75) is 333 Å². The second-order valence-corrected chi connectivity index (χ2v) is 21.1. The molecule has 11 nitrogen and oxygen atoms in total. The van der Waals surface area contributed by atoms with E-state index in [1.807, 2.05) is 6.08 Å². The Morgan fingerprint density at radius 2 is 0.930 bits per heavy atom. The molecule has 71 heavy (non-hydrogen) atoms. The van der Waals surface area contributed by atoms with Gasteiger partial charge in [0.15, 0.2) is 12.4 Å². The number of carbonyl (C=O) groups excluding carboxylic acids is 2. The van der Waals surface area contributed by atoms with Crippen LogP contribution in [0.25, 0.3) is 0 Å². The number of amides is 1. The molecule has 0 saturated carbocycles. The predicted octanol–water partition coefficient (Wildman–Crippen LogP) is 13.7. The zero-order chi connectivity index (χ0) is 51.8. The summed E-state index contributed by atoms with van der Waals surface area (Å²) in [4.78, 5) is 26.5. The molecule has 1 heterocycles. The molecule has 8 unspecified atom stereocenters. The van der Waals surface area contributed by atoms with Crippen molar-refractivity contribution in [2.24, 2.45) is 0 Å². The van der Waals surface area contributed by atoms with Crippen LogP contribution in [-0.4, -0.2) is 99.6 Å². The predicted molar refractivity (Wildman–Crippen MR) is 292 cm³/mol. The molecular formula is C60H113NO10. The summed E-state index contributed by atoms with van der Waals surface area (Å²) < 4.78 is 17.6. The van der Waals surface area contributed by atoms with E-state index < -0.39 is 67.4 Å². The summed E-state index contributed by atoms with van der Waals surface area (Å²) in [6.45, 7) is 5.78. The van der Waals surface area contributed by atoms with Crippen molar-refractivity contribution in [3.05, 3.63) is 24.3 Å². The Morgan fingerprint density at radius 3 is 1.38 bits per heavy atom. The maximum absolute atomic E-state index is 13.4. The van der Waals surface area contributed by atoms with E-state index in [0.29, 0.717) is 12.8 Å². The van der Waals surface area contributed by atoms with Crippen LogP contribution in [0.3, 0.4) is 0 Å². The average molecular weight is 1010 g/mol. The minimum absolute atomic E-state index is 0.129. The quantitative estimate of drug-likeness (QED) is 0.0195. The molecule has 1 fully saturated rings.